The van der Waals surface area contributed by atoms with Crippen molar-refractivity contribution in [1.82, 2.24) is 20.4 Å². The molecule has 0 atom stereocenters. The second-order valence-electron chi connectivity index (χ2n) is 6.25. The summed E-state index contributed by atoms with van der Waals surface area (Å²) in [5.74, 6) is 2.87. The minimum Gasteiger partial charge on any atom is -0.489 e. The molecule has 0 bridgehead atoms. The first-order valence-corrected chi connectivity index (χ1v) is 8.52. The molecule has 1 saturated heterocycles. The Bertz CT molecular complexity index is 798. The molecule has 0 radical (unpaired) electrons. The highest BCUT2D eigenvalue weighted by Gasteiger charge is 2.18. The monoisotopic (exact) mass is 336 g/mol. The lowest BCUT2D eigenvalue weighted by Crippen LogP contribution is -2.42. The summed E-state index contributed by atoms with van der Waals surface area (Å²) in [6.07, 6.45) is 5.48. The van der Waals surface area contributed by atoms with E-state index in [9.17, 15) is 0 Å². The smallest absolute Gasteiger partial charge is 0.226 e. The van der Waals surface area contributed by atoms with Crippen LogP contribution in [0.2, 0.25) is 0 Å². The van der Waals surface area contributed by atoms with Crippen molar-refractivity contribution < 1.29 is 9.26 Å². The first-order valence-electron chi connectivity index (χ1n) is 8.52. The predicted octanol–water partition coefficient (Wildman–Crippen LogP) is 2.86. The Hall–Kier alpha value is -2.73. The average molecular weight is 336 g/mol. The molecule has 0 spiro atoms. The lowest BCUT2D eigenvalue weighted by atomic mass is 9.98. The SMILES string of the molecule is c1cncc(COc2ccc(-c3noc(CCC4CNC4)n3)cc2)c1. The summed E-state index contributed by atoms with van der Waals surface area (Å²) >= 11 is 0. The molecular formula is C19H20N4O2. The van der Waals surface area contributed by atoms with Crippen LogP contribution in [0.3, 0.4) is 0 Å². The van der Waals surface area contributed by atoms with Crippen LogP contribution in [0, 0.1) is 5.92 Å². The number of hydrogen-bond acceptors (Lipinski definition) is 6. The largest absolute Gasteiger partial charge is 0.489 e. The second-order valence-corrected chi connectivity index (χ2v) is 6.25. The van der Waals surface area contributed by atoms with Gasteiger partial charge in [-0.15, -0.1) is 0 Å². The Labute approximate surface area is 146 Å². The van der Waals surface area contributed by atoms with Crippen LogP contribution in [-0.4, -0.2) is 28.2 Å². The van der Waals surface area contributed by atoms with Crippen molar-refractivity contribution in [2.24, 2.45) is 5.92 Å². The van der Waals surface area contributed by atoms with E-state index >= 15 is 0 Å². The van der Waals surface area contributed by atoms with Crippen molar-refractivity contribution in [3.8, 4) is 17.1 Å². The molecular weight excluding hydrogens is 316 g/mol. The average Bonchev–Trinajstić information content (AvgIpc) is 3.09. The maximum absolute atomic E-state index is 5.76. The fourth-order valence-electron chi connectivity index (χ4n) is 2.70. The molecule has 1 fully saturated rings. The van der Waals surface area contributed by atoms with Gasteiger partial charge in [-0.1, -0.05) is 11.2 Å². The van der Waals surface area contributed by atoms with E-state index in [0.29, 0.717) is 18.3 Å². The third-order valence-corrected chi connectivity index (χ3v) is 4.34. The first-order chi connectivity index (χ1) is 12.4. The summed E-state index contributed by atoms with van der Waals surface area (Å²) in [5.41, 5.74) is 1.96. The topological polar surface area (TPSA) is 73.1 Å². The van der Waals surface area contributed by atoms with E-state index in [2.05, 4.69) is 20.4 Å². The van der Waals surface area contributed by atoms with Crippen LogP contribution < -0.4 is 10.1 Å². The van der Waals surface area contributed by atoms with E-state index in [4.69, 9.17) is 9.26 Å². The van der Waals surface area contributed by atoms with Crippen LogP contribution >= 0.6 is 0 Å². The molecule has 6 heteroatoms. The van der Waals surface area contributed by atoms with Gasteiger partial charge in [-0.2, -0.15) is 4.98 Å². The lowest BCUT2D eigenvalue weighted by Gasteiger charge is -2.26. The number of rotatable bonds is 7. The number of nitrogens with one attached hydrogen (secondary N) is 1. The minimum atomic E-state index is 0.496. The van der Waals surface area contributed by atoms with E-state index in [1.165, 1.54) is 0 Å². The van der Waals surface area contributed by atoms with Gasteiger partial charge in [-0.05, 0) is 55.8 Å². The quantitative estimate of drug-likeness (QED) is 0.715. The van der Waals surface area contributed by atoms with Gasteiger partial charge in [0.1, 0.15) is 12.4 Å². The molecule has 3 aromatic rings. The zero-order valence-electron chi connectivity index (χ0n) is 13.9. The number of aryl methyl sites for hydroxylation is 1. The Morgan fingerprint density at radius 3 is 2.76 bits per heavy atom. The summed E-state index contributed by atoms with van der Waals surface area (Å²) in [6, 6.07) is 11.6. The molecule has 2 aromatic heterocycles. The molecule has 128 valence electrons. The highest BCUT2D eigenvalue weighted by molar-refractivity contribution is 5.55. The fraction of sp³-hybridized carbons (Fsp3) is 0.316. The van der Waals surface area contributed by atoms with Crippen molar-refractivity contribution in [3.63, 3.8) is 0 Å². The summed E-state index contributed by atoms with van der Waals surface area (Å²) in [5, 5.41) is 7.35. The molecule has 1 aromatic carbocycles. The summed E-state index contributed by atoms with van der Waals surface area (Å²) < 4.78 is 11.1. The van der Waals surface area contributed by atoms with Crippen molar-refractivity contribution in [2.75, 3.05) is 13.1 Å². The van der Waals surface area contributed by atoms with Gasteiger partial charge in [0, 0.05) is 29.9 Å². The summed E-state index contributed by atoms with van der Waals surface area (Å²) in [7, 11) is 0. The van der Waals surface area contributed by atoms with E-state index in [1.807, 2.05) is 36.4 Å². The number of hydrogen-bond donors (Lipinski definition) is 1. The van der Waals surface area contributed by atoms with Crippen molar-refractivity contribution in [2.45, 2.75) is 19.4 Å². The maximum atomic E-state index is 5.76. The summed E-state index contributed by atoms with van der Waals surface area (Å²) in [6.45, 7) is 2.69. The zero-order chi connectivity index (χ0) is 16.9. The molecule has 0 unspecified atom stereocenters. The fourth-order valence-corrected chi connectivity index (χ4v) is 2.70. The van der Waals surface area contributed by atoms with Gasteiger partial charge in [0.25, 0.3) is 0 Å². The maximum Gasteiger partial charge on any atom is 0.226 e. The standard InChI is InChI=1S/C19H20N4O2/c1-2-15(12-20-9-1)13-24-17-6-4-16(5-7-17)19-22-18(25-23-19)8-3-14-10-21-11-14/h1-2,4-7,9,12,14,21H,3,8,10-11,13H2. The van der Waals surface area contributed by atoms with Crippen LogP contribution in [0.1, 0.15) is 17.9 Å². The summed E-state index contributed by atoms with van der Waals surface area (Å²) in [4.78, 5) is 8.56. The van der Waals surface area contributed by atoms with E-state index in [0.717, 1.165) is 48.7 Å². The highest BCUT2D eigenvalue weighted by atomic mass is 16.5. The van der Waals surface area contributed by atoms with Gasteiger partial charge in [-0.3, -0.25) is 4.98 Å². The van der Waals surface area contributed by atoms with E-state index in [-0.39, 0.29) is 0 Å². The van der Waals surface area contributed by atoms with Gasteiger partial charge in [0.05, 0.1) is 0 Å². The van der Waals surface area contributed by atoms with Crippen LogP contribution in [0.4, 0.5) is 0 Å². The number of pyridine rings is 1. The molecule has 3 heterocycles. The van der Waals surface area contributed by atoms with Gasteiger partial charge in [-0.25, -0.2) is 0 Å². The van der Waals surface area contributed by atoms with Gasteiger partial charge in [0.15, 0.2) is 0 Å². The van der Waals surface area contributed by atoms with E-state index < -0.39 is 0 Å². The number of ether oxygens (including phenoxy) is 1. The van der Waals surface area contributed by atoms with Crippen molar-refractivity contribution >= 4 is 0 Å². The lowest BCUT2D eigenvalue weighted by molar-refractivity contribution is 0.305. The van der Waals surface area contributed by atoms with Crippen molar-refractivity contribution in [3.05, 3.63) is 60.2 Å². The van der Waals surface area contributed by atoms with E-state index in [1.54, 1.807) is 12.4 Å². The zero-order valence-corrected chi connectivity index (χ0v) is 13.9. The molecule has 1 aliphatic rings. The molecule has 6 nitrogen and oxygen atoms in total. The second kappa shape index (κ2) is 7.44. The molecule has 4 rings (SSSR count). The predicted molar refractivity (Wildman–Crippen MR) is 93.0 cm³/mol. The van der Waals surface area contributed by atoms with Crippen LogP contribution in [0.15, 0.2) is 53.3 Å². The Kier molecular flexibility index (Phi) is 4.70. The van der Waals surface area contributed by atoms with Gasteiger partial charge in [0.2, 0.25) is 11.7 Å². The third-order valence-electron chi connectivity index (χ3n) is 4.34. The van der Waals surface area contributed by atoms with Gasteiger partial charge < -0.3 is 14.6 Å². The van der Waals surface area contributed by atoms with Crippen LogP contribution in [0.25, 0.3) is 11.4 Å². The molecule has 25 heavy (non-hydrogen) atoms. The molecule has 0 aliphatic carbocycles. The van der Waals surface area contributed by atoms with Crippen LogP contribution in [0.5, 0.6) is 5.75 Å². The Morgan fingerprint density at radius 2 is 2.04 bits per heavy atom. The highest BCUT2D eigenvalue weighted by Crippen LogP contribution is 2.21. The molecule has 0 saturated carbocycles. The number of benzene rings is 1. The molecule has 1 aliphatic heterocycles. The Morgan fingerprint density at radius 1 is 1.16 bits per heavy atom. The van der Waals surface area contributed by atoms with Gasteiger partial charge >= 0.3 is 0 Å². The Balaban J connectivity index is 1.34. The van der Waals surface area contributed by atoms with Crippen molar-refractivity contribution in [1.29, 1.82) is 0 Å². The number of nitrogens with zero attached hydrogens (tertiary/aromatic N) is 3. The minimum absolute atomic E-state index is 0.496. The molecule has 1 N–H and O–H groups in total. The first kappa shape index (κ1) is 15.8. The van der Waals surface area contributed by atoms with Crippen LogP contribution in [-0.2, 0) is 13.0 Å². The molecule has 0 amide bonds. The normalized spacial score (nSPS) is 14.2. The third kappa shape index (κ3) is 4.03. The number of aromatic nitrogens is 3.